The number of rotatable bonds is 11. The van der Waals surface area contributed by atoms with Crippen LogP contribution in [0.1, 0.15) is 53.0 Å². The Bertz CT molecular complexity index is 1590. The Labute approximate surface area is 229 Å². The highest BCUT2D eigenvalue weighted by atomic mass is 16.1. The third-order valence-corrected chi connectivity index (χ3v) is 7.45. The van der Waals surface area contributed by atoms with Crippen LogP contribution in [0, 0.1) is 13.8 Å². The van der Waals surface area contributed by atoms with Crippen LogP contribution >= 0.6 is 0 Å². The Morgan fingerprint density at radius 1 is 0.923 bits per heavy atom. The topological polar surface area (TPSA) is 79.7 Å². The fraction of sp³-hybridized carbons (Fsp3) is 0.312. The summed E-state index contributed by atoms with van der Waals surface area (Å²) in [5, 5.41) is 13.9. The van der Waals surface area contributed by atoms with Crippen molar-refractivity contribution in [3.8, 4) is 0 Å². The number of pyridine rings is 1. The molecule has 0 saturated carbocycles. The molecule has 0 spiro atoms. The lowest BCUT2D eigenvalue weighted by molar-refractivity contribution is 0.171. The smallest absolute Gasteiger partial charge is 0.252 e. The number of hydrogen-bond donors (Lipinski definition) is 1. The molecule has 0 aliphatic carbocycles. The number of tetrazole rings is 1. The fourth-order valence-electron chi connectivity index (χ4n) is 5.34. The minimum absolute atomic E-state index is 0.0341. The first-order valence-corrected chi connectivity index (χ1v) is 13.7. The van der Waals surface area contributed by atoms with Crippen molar-refractivity contribution in [2.45, 2.75) is 59.2 Å². The molecule has 5 rings (SSSR count). The van der Waals surface area contributed by atoms with Gasteiger partial charge in [-0.15, -0.1) is 5.10 Å². The van der Waals surface area contributed by atoms with Crippen molar-refractivity contribution in [2.75, 3.05) is 6.54 Å². The zero-order valence-corrected chi connectivity index (χ0v) is 23.0. The zero-order chi connectivity index (χ0) is 27.2. The Morgan fingerprint density at radius 2 is 1.72 bits per heavy atom. The number of aromatic nitrogens is 5. The Kier molecular flexibility index (Phi) is 8.27. The van der Waals surface area contributed by atoms with Crippen LogP contribution in [-0.4, -0.2) is 36.6 Å². The Morgan fingerprint density at radius 3 is 2.51 bits per heavy atom. The van der Waals surface area contributed by atoms with E-state index in [0.717, 1.165) is 53.7 Å². The molecule has 0 saturated heterocycles. The summed E-state index contributed by atoms with van der Waals surface area (Å²) in [5.74, 6) is 0.839. The van der Waals surface area contributed by atoms with Gasteiger partial charge in [0.1, 0.15) is 0 Å². The molecule has 5 aromatic rings. The SMILES string of the molecule is CC[C@H](c1nnnn1CCc1ccccc1)N(CCc1cccc(C)c1)Cc1cc2cccc(C)c2[nH]c1=O. The van der Waals surface area contributed by atoms with E-state index in [4.69, 9.17) is 0 Å². The van der Waals surface area contributed by atoms with Crippen LogP contribution in [0.15, 0.2) is 83.7 Å². The van der Waals surface area contributed by atoms with Crippen molar-refractivity contribution < 1.29 is 0 Å². The Balaban J connectivity index is 1.45. The van der Waals surface area contributed by atoms with Crippen molar-refractivity contribution in [1.29, 1.82) is 0 Å². The van der Waals surface area contributed by atoms with E-state index in [2.05, 4.69) is 93.9 Å². The van der Waals surface area contributed by atoms with Crippen molar-refractivity contribution in [1.82, 2.24) is 30.1 Å². The molecular formula is C32H36N6O. The molecule has 1 atom stereocenters. The van der Waals surface area contributed by atoms with Crippen LogP contribution in [0.2, 0.25) is 0 Å². The van der Waals surface area contributed by atoms with Gasteiger partial charge in [0.05, 0.1) is 11.6 Å². The van der Waals surface area contributed by atoms with Crippen molar-refractivity contribution in [3.05, 3.63) is 123 Å². The summed E-state index contributed by atoms with van der Waals surface area (Å²) in [6, 6.07) is 27.1. The van der Waals surface area contributed by atoms with E-state index in [1.165, 1.54) is 16.7 Å². The second-order valence-electron chi connectivity index (χ2n) is 10.3. The van der Waals surface area contributed by atoms with E-state index in [1.807, 2.05) is 35.9 Å². The molecule has 7 heteroatoms. The van der Waals surface area contributed by atoms with Crippen LogP contribution < -0.4 is 5.56 Å². The maximum atomic E-state index is 13.2. The first-order chi connectivity index (χ1) is 19.0. The van der Waals surface area contributed by atoms with E-state index in [1.54, 1.807) is 0 Å². The number of H-pyrrole nitrogens is 1. The van der Waals surface area contributed by atoms with Gasteiger partial charge in [-0.25, -0.2) is 4.68 Å². The molecule has 0 aliphatic heterocycles. The summed E-state index contributed by atoms with van der Waals surface area (Å²) in [7, 11) is 0. The van der Waals surface area contributed by atoms with Crippen LogP contribution in [0.5, 0.6) is 0 Å². The van der Waals surface area contributed by atoms with Gasteiger partial charge in [0, 0.05) is 25.2 Å². The summed E-state index contributed by atoms with van der Waals surface area (Å²) in [4.78, 5) is 18.7. The first-order valence-electron chi connectivity index (χ1n) is 13.7. The molecule has 0 amide bonds. The van der Waals surface area contributed by atoms with Crippen molar-refractivity contribution in [2.24, 2.45) is 0 Å². The van der Waals surface area contributed by atoms with Crippen LogP contribution in [0.25, 0.3) is 10.9 Å². The van der Waals surface area contributed by atoms with Gasteiger partial charge in [-0.1, -0.05) is 85.3 Å². The molecule has 2 heterocycles. The number of hydrogen-bond acceptors (Lipinski definition) is 5. The molecule has 7 nitrogen and oxygen atoms in total. The third kappa shape index (κ3) is 6.32. The van der Waals surface area contributed by atoms with Gasteiger partial charge in [-0.3, -0.25) is 9.69 Å². The summed E-state index contributed by atoms with van der Waals surface area (Å²) in [6.45, 7) is 8.29. The van der Waals surface area contributed by atoms with Gasteiger partial charge in [-0.05, 0) is 71.7 Å². The van der Waals surface area contributed by atoms with E-state index in [0.29, 0.717) is 13.1 Å². The molecule has 39 heavy (non-hydrogen) atoms. The van der Waals surface area contributed by atoms with E-state index < -0.39 is 0 Å². The molecule has 0 radical (unpaired) electrons. The van der Waals surface area contributed by atoms with Crippen molar-refractivity contribution >= 4 is 10.9 Å². The van der Waals surface area contributed by atoms with Gasteiger partial charge < -0.3 is 4.98 Å². The summed E-state index contributed by atoms with van der Waals surface area (Å²) in [5.41, 5.74) is 6.45. The molecule has 1 N–H and O–H groups in total. The number of benzene rings is 3. The summed E-state index contributed by atoms with van der Waals surface area (Å²) < 4.78 is 1.93. The van der Waals surface area contributed by atoms with E-state index >= 15 is 0 Å². The number of nitrogens with one attached hydrogen (secondary N) is 1. The van der Waals surface area contributed by atoms with Gasteiger partial charge in [0.2, 0.25) is 0 Å². The van der Waals surface area contributed by atoms with E-state index in [9.17, 15) is 4.79 Å². The van der Waals surface area contributed by atoms with Gasteiger partial charge >= 0.3 is 0 Å². The number of aryl methyl sites for hydroxylation is 4. The number of nitrogens with zero attached hydrogens (tertiary/aromatic N) is 5. The van der Waals surface area contributed by atoms with Gasteiger partial charge in [-0.2, -0.15) is 0 Å². The van der Waals surface area contributed by atoms with Crippen molar-refractivity contribution in [3.63, 3.8) is 0 Å². The van der Waals surface area contributed by atoms with Gasteiger partial charge in [0.15, 0.2) is 5.82 Å². The molecule has 200 valence electrons. The highest BCUT2D eigenvalue weighted by Gasteiger charge is 2.26. The normalized spacial score (nSPS) is 12.3. The van der Waals surface area contributed by atoms with Gasteiger partial charge in [0.25, 0.3) is 5.56 Å². The largest absolute Gasteiger partial charge is 0.321 e. The summed E-state index contributed by atoms with van der Waals surface area (Å²) in [6.07, 6.45) is 2.54. The average molecular weight is 521 g/mol. The Hall–Kier alpha value is -4.10. The lowest BCUT2D eigenvalue weighted by atomic mass is 10.0. The standard InChI is InChI=1S/C32H36N6O/c1-4-29(31-34-35-36-38(31)19-17-25-12-6-5-7-13-25)37(18-16-26-14-8-10-23(2)20-26)22-28-21-27-15-9-11-24(3)30(27)33-32(28)39/h5-15,20-21,29H,4,16-19,22H2,1-3H3,(H,33,39)/t29-/m1/s1. The molecule has 0 unspecified atom stereocenters. The fourth-order valence-corrected chi connectivity index (χ4v) is 5.34. The average Bonchev–Trinajstić information content (AvgIpc) is 3.40. The number of fused-ring (bicyclic) bond motifs is 1. The van der Waals surface area contributed by atoms with Crippen LogP contribution in [0.3, 0.4) is 0 Å². The van der Waals surface area contributed by atoms with Crippen LogP contribution in [0.4, 0.5) is 0 Å². The predicted molar refractivity (Wildman–Crippen MR) is 156 cm³/mol. The lowest BCUT2D eigenvalue weighted by Gasteiger charge is -2.30. The minimum atomic E-state index is -0.0455. The number of aromatic amines is 1. The second-order valence-corrected chi connectivity index (χ2v) is 10.3. The number of para-hydroxylation sites is 1. The maximum absolute atomic E-state index is 13.2. The molecule has 2 aromatic heterocycles. The molecule has 3 aromatic carbocycles. The molecule has 0 fully saturated rings. The summed E-state index contributed by atoms with van der Waals surface area (Å²) >= 11 is 0. The highest BCUT2D eigenvalue weighted by molar-refractivity contribution is 5.81. The molecular weight excluding hydrogens is 484 g/mol. The highest BCUT2D eigenvalue weighted by Crippen LogP contribution is 2.25. The second kappa shape index (κ2) is 12.2. The molecule has 0 bridgehead atoms. The lowest BCUT2D eigenvalue weighted by Crippen LogP contribution is -2.34. The minimum Gasteiger partial charge on any atom is -0.321 e. The maximum Gasteiger partial charge on any atom is 0.252 e. The molecule has 0 aliphatic rings. The van der Waals surface area contributed by atoms with E-state index in [-0.39, 0.29) is 11.6 Å². The first kappa shape index (κ1) is 26.5. The third-order valence-electron chi connectivity index (χ3n) is 7.45. The predicted octanol–water partition coefficient (Wildman–Crippen LogP) is 5.57. The zero-order valence-electron chi connectivity index (χ0n) is 23.0. The monoisotopic (exact) mass is 520 g/mol. The quantitative estimate of drug-likeness (QED) is 0.246. The van der Waals surface area contributed by atoms with Crippen LogP contribution in [-0.2, 0) is 25.9 Å².